The number of rotatable bonds is 3. The maximum atomic E-state index is 12.2. The van der Waals surface area contributed by atoms with E-state index in [2.05, 4.69) is 9.46 Å². The van der Waals surface area contributed by atoms with Gasteiger partial charge in [-0.05, 0) is 26.8 Å². The normalized spacial score (nSPS) is 12.5. The number of hydrogen-bond donors (Lipinski definition) is 1. The lowest BCUT2D eigenvalue weighted by Crippen LogP contribution is -2.41. The second-order valence-electron chi connectivity index (χ2n) is 4.99. The van der Waals surface area contributed by atoms with Crippen LogP contribution in [0.4, 0.5) is 0 Å². The molecule has 0 fully saturated rings. The van der Waals surface area contributed by atoms with Crippen LogP contribution in [0.25, 0.3) is 0 Å². The number of esters is 1. The van der Waals surface area contributed by atoms with Crippen LogP contribution in [-0.4, -0.2) is 31.6 Å². The fourth-order valence-electron chi connectivity index (χ4n) is 1.57. The molecule has 1 aromatic heterocycles. The molecule has 1 N–H and O–H groups in total. The molecule has 0 radical (unpaired) electrons. The Balaban J connectivity index is 3.33. The molecular weight excluding hydrogens is 256 g/mol. The summed E-state index contributed by atoms with van der Waals surface area (Å²) in [6.07, 6.45) is 1.50. The summed E-state index contributed by atoms with van der Waals surface area (Å²) in [5.41, 5.74) is -0.604. The Hall–Kier alpha value is -1.34. The van der Waals surface area contributed by atoms with E-state index in [9.17, 15) is 13.2 Å². The van der Waals surface area contributed by atoms with Crippen LogP contribution in [0.5, 0.6) is 0 Å². The molecule has 0 aromatic carbocycles. The van der Waals surface area contributed by atoms with Gasteiger partial charge in [0.15, 0.2) is 5.03 Å². The number of aryl methyl sites for hydroxylation is 1. The Morgan fingerprint density at radius 2 is 1.94 bits per heavy atom. The van der Waals surface area contributed by atoms with Crippen molar-refractivity contribution in [1.29, 1.82) is 0 Å². The summed E-state index contributed by atoms with van der Waals surface area (Å²) < 4.78 is 32.9. The van der Waals surface area contributed by atoms with Crippen molar-refractivity contribution in [3.63, 3.8) is 0 Å². The zero-order valence-electron chi connectivity index (χ0n) is 11.1. The van der Waals surface area contributed by atoms with Gasteiger partial charge in [0.25, 0.3) is 10.0 Å². The second-order valence-corrected chi connectivity index (χ2v) is 6.59. The third-order valence-electron chi connectivity index (χ3n) is 2.12. The predicted molar refractivity (Wildman–Crippen MR) is 66.8 cm³/mol. The summed E-state index contributed by atoms with van der Waals surface area (Å²) in [7, 11) is -1.01. The molecule has 1 rings (SSSR count). The first-order chi connectivity index (χ1) is 8.08. The molecule has 0 spiro atoms. The minimum absolute atomic E-state index is 0.0248. The first kappa shape index (κ1) is 14.7. The third kappa shape index (κ3) is 3.11. The molecule has 7 heteroatoms. The standard InChI is InChI=1S/C11H18N2O4S/c1-11(2,3)12-18(15,16)9-8(10(14)17-5)6-7-13(9)4/h6-7,12H,1-5H3. The van der Waals surface area contributed by atoms with Gasteiger partial charge in [-0.2, -0.15) is 0 Å². The van der Waals surface area contributed by atoms with E-state index >= 15 is 0 Å². The van der Waals surface area contributed by atoms with Gasteiger partial charge in [0.05, 0.1) is 12.7 Å². The maximum absolute atomic E-state index is 12.2. The van der Waals surface area contributed by atoms with E-state index in [-0.39, 0.29) is 10.6 Å². The highest BCUT2D eigenvalue weighted by molar-refractivity contribution is 7.89. The average Bonchev–Trinajstić information content (AvgIpc) is 2.56. The Kier molecular flexibility index (Phi) is 3.87. The molecule has 102 valence electrons. The fourth-order valence-corrected chi connectivity index (χ4v) is 3.35. The quantitative estimate of drug-likeness (QED) is 0.830. The van der Waals surface area contributed by atoms with E-state index in [0.29, 0.717) is 0 Å². The summed E-state index contributed by atoms with van der Waals surface area (Å²) in [6.45, 7) is 5.18. The average molecular weight is 274 g/mol. The predicted octanol–water partition coefficient (Wildman–Crippen LogP) is 0.888. The van der Waals surface area contributed by atoms with Gasteiger partial charge >= 0.3 is 5.97 Å². The first-order valence-corrected chi connectivity index (χ1v) is 6.84. The van der Waals surface area contributed by atoms with Crippen molar-refractivity contribution in [3.05, 3.63) is 17.8 Å². The van der Waals surface area contributed by atoms with Crippen LogP contribution in [0.3, 0.4) is 0 Å². The van der Waals surface area contributed by atoms with Gasteiger partial charge in [-0.1, -0.05) is 0 Å². The zero-order valence-corrected chi connectivity index (χ0v) is 12.0. The molecule has 6 nitrogen and oxygen atoms in total. The minimum Gasteiger partial charge on any atom is -0.465 e. The lowest BCUT2D eigenvalue weighted by atomic mass is 10.1. The number of hydrogen-bond acceptors (Lipinski definition) is 4. The van der Waals surface area contributed by atoms with E-state index in [0.717, 1.165) is 0 Å². The van der Waals surface area contributed by atoms with Crippen LogP contribution in [0.15, 0.2) is 17.3 Å². The molecule has 0 saturated heterocycles. The Labute approximate surface area is 107 Å². The van der Waals surface area contributed by atoms with Crippen molar-refractivity contribution in [2.24, 2.45) is 7.05 Å². The van der Waals surface area contributed by atoms with E-state index < -0.39 is 21.5 Å². The van der Waals surface area contributed by atoms with Crippen molar-refractivity contribution >= 4 is 16.0 Å². The van der Waals surface area contributed by atoms with Crippen LogP contribution >= 0.6 is 0 Å². The van der Waals surface area contributed by atoms with Gasteiger partial charge in [-0.25, -0.2) is 17.9 Å². The van der Waals surface area contributed by atoms with Crippen LogP contribution in [0.2, 0.25) is 0 Å². The number of carbonyl (C=O) groups is 1. The molecule has 1 heterocycles. The number of sulfonamides is 1. The number of aromatic nitrogens is 1. The lowest BCUT2D eigenvalue weighted by Gasteiger charge is -2.21. The maximum Gasteiger partial charge on any atom is 0.340 e. The largest absolute Gasteiger partial charge is 0.465 e. The van der Waals surface area contributed by atoms with Crippen molar-refractivity contribution in [3.8, 4) is 0 Å². The van der Waals surface area contributed by atoms with E-state index in [1.807, 2.05) is 0 Å². The molecule has 0 saturated carbocycles. The molecule has 0 aliphatic carbocycles. The van der Waals surface area contributed by atoms with E-state index in [1.54, 1.807) is 27.8 Å². The monoisotopic (exact) mass is 274 g/mol. The molecule has 0 aliphatic rings. The smallest absolute Gasteiger partial charge is 0.340 e. The van der Waals surface area contributed by atoms with Gasteiger partial charge in [0, 0.05) is 18.8 Å². The van der Waals surface area contributed by atoms with Crippen LogP contribution in [0, 0.1) is 0 Å². The number of carbonyl (C=O) groups excluding carboxylic acids is 1. The first-order valence-electron chi connectivity index (χ1n) is 5.36. The van der Waals surface area contributed by atoms with Crippen molar-refractivity contribution in [2.75, 3.05) is 7.11 Å². The van der Waals surface area contributed by atoms with Gasteiger partial charge in [-0.15, -0.1) is 0 Å². The van der Waals surface area contributed by atoms with Crippen molar-refractivity contribution in [2.45, 2.75) is 31.3 Å². The summed E-state index contributed by atoms with van der Waals surface area (Å²) in [5.74, 6) is -0.676. The topological polar surface area (TPSA) is 77.4 Å². The van der Waals surface area contributed by atoms with Crippen molar-refractivity contribution in [1.82, 2.24) is 9.29 Å². The molecule has 0 atom stereocenters. The van der Waals surface area contributed by atoms with E-state index in [4.69, 9.17) is 0 Å². The molecule has 0 bridgehead atoms. The summed E-state index contributed by atoms with van der Waals surface area (Å²) in [6, 6.07) is 1.42. The van der Waals surface area contributed by atoms with Crippen LogP contribution in [0.1, 0.15) is 31.1 Å². The highest BCUT2D eigenvalue weighted by Crippen LogP contribution is 2.19. The van der Waals surface area contributed by atoms with Gasteiger partial charge in [0.1, 0.15) is 0 Å². The van der Waals surface area contributed by atoms with Gasteiger partial charge in [0.2, 0.25) is 0 Å². The minimum atomic E-state index is -3.78. The van der Waals surface area contributed by atoms with Gasteiger partial charge < -0.3 is 9.30 Å². The Morgan fingerprint density at radius 3 is 2.39 bits per heavy atom. The Bertz CT molecular complexity index is 552. The van der Waals surface area contributed by atoms with E-state index in [1.165, 1.54) is 23.9 Å². The number of nitrogens with one attached hydrogen (secondary N) is 1. The summed E-state index contributed by atoms with van der Waals surface area (Å²) in [4.78, 5) is 11.5. The molecule has 0 unspecified atom stereocenters. The molecular formula is C11H18N2O4S. The van der Waals surface area contributed by atoms with Crippen LogP contribution in [-0.2, 0) is 21.8 Å². The number of nitrogens with zero attached hydrogens (tertiary/aromatic N) is 1. The SMILES string of the molecule is COC(=O)c1ccn(C)c1S(=O)(=O)NC(C)(C)C. The third-order valence-corrected chi connectivity index (χ3v) is 4.01. The highest BCUT2D eigenvalue weighted by Gasteiger charge is 2.29. The van der Waals surface area contributed by atoms with Gasteiger partial charge in [-0.3, -0.25) is 0 Å². The Morgan fingerprint density at radius 1 is 1.39 bits per heavy atom. The zero-order chi connectivity index (χ0) is 14.1. The number of ether oxygens (including phenoxy) is 1. The second kappa shape index (κ2) is 4.74. The summed E-state index contributed by atoms with van der Waals surface area (Å²) in [5, 5.41) is -0.0933. The van der Waals surface area contributed by atoms with Crippen LogP contribution < -0.4 is 4.72 Å². The summed E-state index contributed by atoms with van der Waals surface area (Å²) >= 11 is 0. The lowest BCUT2D eigenvalue weighted by molar-refractivity contribution is 0.0595. The molecule has 18 heavy (non-hydrogen) atoms. The molecule has 0 amide bonds. The fraction of sp³-hybridized carbons (Fsp3) is 0.545. The number of methoxy groups -OCH3 is 1. The van der Waals surface area contributed by atoms with Crippen molar-refractivity contribution < 1.29 is 17.9 Å². The molecule has 1 aromatic rings. The highest BCUT2D eigenvalue weighted by atomic mass is 32.2. The molecule has 0 aliphatic heterocycles.